The molecule has 0 fully saturated rings. The lowest BCUT2D eigenvalue weighted by Gasteiger charge is -2.11. The Bertz CT molecular complexity index is 675. The Morgan fingerprint density at radius 1 is 1.45 bits per heavy atom. The summed E-state index contributed by atoms with van der Waals surface area (Å²) in [5.41, 5.74) is 4.08. The molecule has 1 heterocycles. The van der Waals surface area contributed by atoms with Crippen LogP contribution in [0.5, 0.6) is 0 Å². The van der Waals surface area contributed by atoms with Crippen molar-refractivity contribution in [3.05, 3.63) is 36.4 Å². The molecule has 22 heavy (non-hydrogen) atoms. The second kappa shape index (κ2) is 7.26. The molecule has 0 saturated heterocycles. The lowest BCUT2D eigenvalue weighted by atomic mass is 9.96. The van der Waals surface area contributed by atoms with E-state index in [0.717, 1.165) is 30.4 Å². The maximum atomic E-state index is 11.7. The van der Waals surface area contributed by atoms with Crippen LogP contribution in [0.2, 0.25) is 0 Å². The number of nitrogens with one attached hydrogen (secondary N) is 1. The molecule has 6 heteroatoms. The number of aromatic nitrogens is 1. The summed E-state index contributed by atoms with van der Waals surface area (Å²) < 4.78 is 5.54. The van der Waals surface area contributed by atoms with E-state index in [-0.39, 0.29) is 11.7 Å². The fourth-order valence-corrected chi connectivity index (χ4v) is 2.87. The zero-order chi connectivity index (χ0) is 15.2. The van der Waals surface area contributed by atoms with E-state index in [9.17, 15) is 4.79 Å². The molecule has 1 aromatic carbocycles. The summed E-state index contributed by atoms with van der Waals surface area (Å²) >= 11 is 1.27. The van der Waals surface area contributed by atoms with E-state index in [4.69, 9.17) is 4.42 Å². The third-order valence-corrected chi connectivity index (χ3v) is 4.21. The standard InChI is InChI=1S/C16H17N3O2S/c20-15(19-17-10-12-6-2-1-3-7-12)11-22-16-18-13-8-4-5-9-14(13)21-16/h1-2,4-5,8-10,12H,3,6-7,11H2,(H,19,20)/b17-10+. The maximum absolute atomic E-state index is 11.7. The lowest BCUT2D eigenvalue weighted by Crippen LogP contribution is -2.20. The minimum Gasteiger partial charge on any atom is -0.431 e. The Kier molecular flexibility index (Phi) is 4.90. The van der Waals surface area contributed by atoms with Gasteiger partial charge >= 0.3 is 0 Å². The summed E-state index contributed by atoms with van der Waals surface area (Å²) in [6.45, 7) is 0. The highest BCUT2D eigenvalue weighted by Gasteiger charge is 2.09. The molecular formula is C16H17N3O2S. The third-order valence-electron chi connectivity index (χ3n) is 3.39. The van der Waals surface area contributed by atoms with Gasteiger partial charge in [-0.25, -0.2) is 10.4 Å². The highest BCUT2D eigenvalue weighted by Crippen LogP contribution is 2.22. The first-order chi connectivity index (χ1) is 10.8. The quantitative estimate of drug-likeness (QED) is 0.397. The second-order valence-electron chi connectivity index (χ2n) is 5.09. The van der Waals surface area contributed by atoms with Crippen LogP contribution >= 0.6 is 11.8 Å². The number of para-hydroxylation sites is 2. The number of allylic oxidation sites excluding steroid dienone is 2. The molecule has 1 atom stereocenters. The van der Waals surface area contributed by atoms with Crippen molar-refractivity contribution in [1.82, 2.24) is 10.4 Å². The van der Waals surface area contributed by atoms with Crippen LogP contribution in [0.15, 0.2) is 51.2 Å². The minimum atomic E-state index is -0.158. The zero-order valence-electron chi connectivity index (χ0n) is 12.1. The molecule has 0 bridgehead atoms. The molecule has 1 amide bonds. The van der Waals surface area contributed by atoms with Gasteiger partial charge in [-0.3, -0.25) is 4.79 Å². The van der Waals surface area contributed by atoms with Gasteiger partial charge in [0.1, 0.15) is 5.52 Å². The molecule has 0 saturated carbocycles. The zero-order valence-corrected chi connectivity index (χ0v) is 12.9. The van der Waals surface area contributed by atoms with Gasteiger partial charge in [-0.1, -0.05) is 36.0 Å². The molecule has 1 N–H and O–H groups in total. The summed E-state index contributed by atoms with van der Waals surface area (Å²) in [7, 11) is 0. The van der Waals surface area contributed by atoms with E-state index < -0.39 is 0 Å². The molecule has 1 aromatic heterocycles. The van der Waals surface area contributed by atoms with Gasteiger partial charge in [-0.05, 0) is 37.3 Å². The number of carbonyl (C=O) groups excluding carboxylic acids is 1. The van der Waals surface area contributed by atoms with E-state index in [1.165, 1.54) is 11.8 Å². The molecule has 1 aliphatic carbocycles. The normalized spacial score (nSPS) is 18.1. The molecule has 2 aromatic rings. The van der Waals surface area contributed by atoms with Gasteiger partial charge in [-0.15, -0.1) is 0 Å². The van der Waals surface area contributed by atoms with Crippen molar-refractivity contribution in [3.8, 4) is 0 Å². The third kappa shape index (κ3) is 3.98. The van der Waals surface area contributed by atoms with Crippen LogP contribution in [0.1, 0.15) is 19.3 Å². The Morgan fingerprint density at radius 3 is 3.18 bits per heavy atom. The van der Waals surface area contributed by atoms with Gasteiger partial charge in [0.25, 0.3) is 11.1 Å². The van der Waals surface area contributed by atoms with Crippen molar-refractivity contribution in [2.75, 3.05) is 5.75 Å². The van der Waals surface area contributed by atoms with E-state index in [1.807, 2.05) is 30.5 Å². The van der Waals surface area contributed by atoms with Crippen molar-refractivity contribution in [2.45, 2.75) is 24.5 Å². The molecular weight excluding hydrogens is 298 g/mol. The second-order valence-corrected chi connectivity index (χ2v) is 6.02. The Labute approximate surface area is 132 Å². The molecule has 1 unspecified atom stereocenters. The topological polar surface area (TPSA) is 67.5 Å². The number of hydrogen-bond donors (Lipinski definition) is 1. The summed E-state index contributed by atoms with van der Waals surface area (Å²) in [4.78, 5) is 16.1. The molecule has 0 spiro atoms. The largest absolute Gasteiger partial charge is 0.431 e. The summed E-state index contributed by atoms with van der Waals surface area (Å²) in [5, 5.41) is 4.53. The first-order valence-electron chi connectivity index (χ1n) is 7.26. The minimum absolute atomic E-state index is 0.158. The Morgan fingerprint density at radius 2 is 2.36 bits per heavy atom. The van der Waals surface area contributed by atoms with Crippen molar-refractivity contribution in [1.29, 1.82) is 0 Å². The highest BCUT2D eigenvalue weighted by molar-refractivity contribution is 7.99. The van der Waals surface area contributed by atoms with E-state index >= 15 is 0 Å². The molecule has 5 nitrogen and oxygen atoms in total. The number of amides is 1. The van der Waals surface area contributed by atoms with Gasteiger partial charge in [-0.2, -0.15) is 5.10 Å². The van der Waals surface area contributed by atoms with Crippen LogP contribution < -0.4 is 5.43 Å². The van der Waals surface area contributed by atoms with E-state index in [2.05, 4.69) is 27.7 Å². The Balaban J connectivity index is 1.45. The first kappa shape index (κ1) is 14.8. The number of benzene rings is 1. The molecule has 1 aliphatic rings. The number of hydrogen-bond acceptors (Lipinski definition) is 5. The smallest absolute Gasteiger partial charge is 0.257 e. The number of carbonyl (C=O) groups is 1. The summed E-state index contributed by atoms with van der Waals surface area (Å²) in [5.74, 6) is 0.499. The lowest BCUT2D eigenvalue weighted by molar-refractivity contribution is -0.118. The number of oxazole rings is 1. The predicted molar refractivity (Wildman–Crippen MR) is 87.8 cm³/mol. The van der Waals surface area contributed by atoms with Gasteiger partial charge < -0.3 is 4.42 Å². The fourth-order valence-electron chi connectivity index (χ4n) is 2.24. The van der Waals surface area contributed by atoms with Crippen molar-refractivity contribution in [2.24, 2.45) is 11.0 Å². The number of nitrogens with zero attached hydrogens (tertiary/aromatic N) is 2. The predicted octanol–water partition coefficient (Wildman–Crippen LogP) is 3.38. The van der Waals surface area contributed by atoms with E-state index in [1.54, 1.807) is 0 Å². The maximum Gasteiger partial charge on any atom is 0.257 e. The van der Waals surface area contributed by atoms with Gasteiger partial charge in [0.2, 0.25) is 0 Å². The van der Waals surface area contributed by atoms with E-state index in [0.29, 0.717) is 11.1 Å². The SMILES string of the molecule is O=C(CSc1nc2ccccc2o1)N/N=C/C1CC=CCC1. The van der Waals surface area contributed by atoms with Crippen molar-refractivity contribution < 1.29 is 9.21 Å². The molecule has 0 aliphatic heterocycles. The average molecular weight is 315 g/mol. The van der Waals surface area contributed by atoms with Crippen LogP contribution in [-0.4, -0.2) is 22.9 Å². The molecule has 0 radical (unpaired) electrons. The highest BCUT2D eigenvalue weighted by atomic mass is 32.2. The number of hydrazone groups is 1. The average Bonchev–Trinajstić information content (AvgIpc) is 2.97. The molecule has 3 rings (SSSR count). The number of fused-ring (bicyclic) bond motifs is 1. The summed E-state index contributed by atoms with van der Waals surface area (Å²) in [6.07, 6.45) is 9.33. The van der Waals surface area contributed by atoms with Crippen molar-refractivity contribution >= 4 is 35.0 Å². The van der Waals surface area contributed by atoms with Crippen LogP contribution in [0.4, 0.5) is 0 Å². The molecule has 114 valence electrons. The first-order valence-corrected chi connectivity index (χ1v) is 8.25. The van der Waals surface area contributed by atoms with Crippen molar-refractivity contribution in [3.63, 3.8) is 0 Å². The monoisotopic (exact) mass is 315 g/mol. The number of rotatable bonds is 5. The fraction of sp³-hybridized carbons (Fsp3) is 0.312. The summed E-state index contributed by atoms with van der Waals surface area (Å²) in [6, 6.07) is 7.53. The van der Waals surface area contributed by atoms with Gasteiger partial charge in [0, 0.05) is 6.21 Å². The van der Waals surface area contributed by atoms with Crippen LogP contribution in [0.3, 0.4) is 0 Å². The number of thioether (sulfide) groups is 1. The van der Waals surface area contributed by atoms with Crippen LogP contribution in [0, 0.1) is 5.92 Å². The Hall–Kier alpha value is -2.08. The van der Waals surface area contributed by atoms with Crippen LogP contribution in [-0.2, 0) is 4.79 Å². The van der Waals surface area contributed by atoms with Gasteiger partial charge in [0.05, 0.1) is 5.75 Å². The van der Waals surface area contributed by atoms with Gasteiger partial charge in [0.15, 0.2) is 5.58 Å². The van der Waals surface area contributed by atoms with Crippen LogP contribution in [0.25, 0.3) is 11.1 Å².